The zero-order valence-electron chi connectivity index (χ0n) is 10.5. The molecule has 96 valence electrons. The average Bonchev–Trinajstić information content (AvgIpc) is 2.66. The van der Waals surface area contributed by atoms with E-state index in [1.54, 1.807) is 0 Å². The van der Waals surface area contributed by atoms with Crippen LogP contribution in [0.25, 0.3) is 0 Å². The average molecular weight is 307 g/mol. The Morgan fingerprint density at radius 1 is 1.50 bits per heavy atom. The van der Waals surface area contributed by atoms with Gasteiger partial charge in [-0.15, -0.1) is 0 Å². The van der Waals surface area contributed by atoms with Gasteiger partial charge >= 0.3 is 0 Å². The molecule has 0 spiro atoms. The van der Waals surface area contributed by atoms with E-state index in [0.29, 0.717) is 12.6 Å². The fourth-order valence-electron chi connectivity index (χ4n) is 3.72. The van der Waals surface area contributed by atoms with Crippen LogP contribution in [0.4, 0.5) is 5.69 Å². The smallest absolute Gasteiger partial charge is 0.0396 e. The molecular formula is C15H19BrN2. The second-order valence-electron chi connectivity index (χ2n) is 5.39. The minimum Gasteiger partial charge on any atom is -0.381 e. The van der Waals surface area contributed by atoms with Crippen molar-refractivity contribution in [2.75, 3.05) is 11.9 Å². The van der Waals surface area contributed by atoms with Crippen molar-refractivity contribution in [1.29, 1.82) is 0 Å². The molecule has 2 atom stereocenters. The first-order valence-corrected chi connectivity index (χ1v) is 7.42. The Bertz CT molecular complexity index is 497. The van der Waals surface area contributed by atoms with Crippen LogP contribution in [-0.4, -0.2) is 12.6 Å². The van der Waals surface area contributed by atoms with Crippen molar-refractivity contribution in [3.63, 3.8) is 0 Å². The van der Waals surface area contributed by atoms with Gasteiger partial charge in [-0.1, -0.05) is 28.1 Å². The first kappa shape index (κ1) is 12.2. The zero-order chi connectivity index (χ0) is 12.8. The molecule has 2 nitrogen and oxygen atoms in total. The molecule has 1 saturated carbocycles. The predicted molar refractivity (Wildman–Crippen MR) is 79.9 cm³/mol. The summed E-state index contributed by atoms with van der Waals surface area (Å²) in [6.45, 7) is 5.08. The number of hydrogen-bond acceptors (Lipinski definition) is 2. The molecule has 3 rings (SSSR count). The van der Waals surface area contributed by atoms with Crippen molar-refractivity contribution in [2.24, 2.45) is 5.73 Å². The lowest BCUT2D eigenvalue weighted by molar-refractivity contribution is 0.348. The van der Waals surface area contributed by atoms with Crippen molar-refractivity contribution in [2.45, 2.75) is 37.1 Å². The van der Waals surface area contributed by atoms with Crippen LogP contribution in [0.15, 0.2) is 34.8 Å². The topological polar surface area (TPSA) is 38.0 Å². The van der Waals surface area contributed by atoms with Crippen LogP contribution in [0.5, 0.6) is 0 Å². The molecule has 2 aliphatic rings. The fourth-order valence-corrected chi connectivity index (χ4v) is 4.08. The Morgan fingerprint density at radius 3 is 3.11 bits per heavy atom. The third kappa shape index (κ3) is 1.57. The van der Waals surface area contributed by atoms with Crippen molar-refractivity contribution in [3.05, 3.63) is 40.4 Å². The van der Waals surface area contributed by atoms with Crippen LogP contribution in [0.2, 0.25) is 0 Å². The second kappa shape index (κ2) is 4.39. The molecular weight excluding hydrogens is 288 g/mol. The molecule has 0 bridgehead atoms. The number of nitrogens with one attached hydrogen (secondary N) is 1. The maximum absolute atomic E-state index is 5.89. The van der Waals surface area contributed by atoms with Gasteiger partial charge in [-0.05, 0) is 56.0 Å². The summed E-state index contributed by atoms with van der Waals surface area (Å²) in [5.74, 6) is 0. The molecule has 3 N–H and O–H groups in total. The molecule has 1 aromatic carbocycles. The Morgan fingerprint density at radius 2 is 2.33 bits per heavy atom. The first-order valence-electron chi connectivity index (χ1n) is 6.63. The van der Waals surface area contributed by atoms with Crippen molar-refractivity contribution >= 4 is 21.6 Å². The molecule has 1 aromatic rings. The minimum atomic E-state index is 0.0616. The molecule has 1 aliphatic heterocycles. The summed E-state index contributed by atoms with van der Waals surface area (Å²) in [4.78, 5) is 0. The molecule has 18 heavy (non-hydrogen) atoms. The van der Waals surface area contributed by atoms with Gasteiger partial charge in [0.25, 0.3) is 0 Å². The Balaban J connectivity index is 2.17. The fraction of sp³-hybridized carbons (Fsp3) is 0.467. The highest BCUT2D eigenvalue weighted by molar-refractivity contribution is 9.10. The van der Waals surface area contributed by atoms with E-state index in [2.05, 4.69) is 46.0 Å². The number of benzene rings is 1. The minimum absolute atomic E-state index is 0.0616. The van der Waals surface area contributed by atoms with Gasteiger partial charge in [0.1, 0.15) is 0 Å². The Hall–Kier alpha value is -0.800. The van der Waals surface area contributed by atoms with Gasteiger partial charge in [-0.25, -0.2) is 0 Å². The van der Waals surface area contributed by atoms with E-state index in [0.717, 1.165) is 17.3 Å². The molecule has 1 fully saturated rings. The molecule has 0 amide bonds. The van der Waals surface area contributed by atoms with E-state index in [9.17, 15) is 0 Å². The van der Waals surface area contributed by atoms with E-state index < -0.39 is 0 Å². The van der Waals surface area contributed by atoms with Gasteiger partial charge in [0, 0.05) is 21.6 Å². The Kier molecular flexibility index (Phi) is 2.99. The van der Waals surface area contributed by atoms with Gasteiger partial charge in [0.2, 0.25) is 0 Å². The first-order chi connectivity index (χ1) is 8.68. The summed E-state index contributed by atoms with van der Waals surface area (Å²) < 4.78 is 1.14. The molecule has 3 heteroatoms. The monoisotopic (exact) mass is 306 g/mol. The highest BCUT2D eigenvalue weighted by Crippen LogP contribution is 2.53. The van der Waals surface area contributed by atoms with Gasteiger partial charge in [0.05, 0.1) is 0 Å². The van der Waals surface area contributed by atoms with Crippen LogP contribution in [0, 0.1) is 0 Å². The van der Waals surface area contributed by atoms with Crippen LogP contribution >= 0.6 is 15.9 Å². The van der Waals surface area contributed by atoms with E-state index >= 15 is 0 Å². The summed E-state index contributed by atoms with van der Waals surface area (Å²) in [5.41, 5.74) is 9.95. The second-order valence-corrected chi connectivity index (χ2v) is 6.31. The summed E-state index contributed by atoms with van der Waals surface area (Å²) in [7, 11) is 0. The molecule has 1 aliphatic carbocycles. The SMILES string of the molecule is C=C1CCC[C@@H]2Nc3ccc(Br)cc3[C@]12CCN. The highest BCUT2D eigenvalue weighted by atomic mass is 79.9. The maximum atomic E-state index is 5.89. The van der Waals surface area contributed by atoms with E-state index in [1.165, 1.54) is 29.7 Å². The van der Waals surface area contributed by atoms with Crippen LogP contribution < -0.4 is 11.1 Å². The maximum Gasteiger partial charge on any atom is 0.0396 e. The lowest BCUT2D eigenvalue weighted by Crippen LogP contribution is -2.44. The largest absolute Gasteiger partial charge is 0.381 e. The predicted octanol–water partition coefficient (Wildman–Crippen LogP) is 3.57. The molecule has 0 saturated heterocycles. The summed E-state index contributed by atoms with van der Waals surface area (Å²) in [5, 5.41) is 3.68. The third-order valence-electron chi connectivity index (χ3n) is 4.53. The van der Waals surface area contributed by atoms with Crippen LogP contribution in [0.3, 0.4) is 0 Å². The van der Waals surface area contributed by atoms with Crippen molar-refractivity contribution < 1.29 is 0 Å². The molecule has 0 radical (unpaired) electrons. The Labute approximate surface area is 117 Å². The standard InChI is InChI=1S/C15H19BrN2/c1-10-3-2-4-14-15(10,7-8-17)12-9-11(16)5-6-13(12)18-14/h5-6,9,14,18H,1-4,7-8,17H2/t14-,15-/m0/s1. The highest BCUT2D eigenvalue weighted by Gasteiger charge is 2.49. The van der Waals surface area contributed by atoms with Crippen molar-refractivity contribution in [1.82, 2.24) is 0 Å². The lowest BCUT2D eigenvalue weighted by Gasteiger charge is -2.41. The van der Waals surface area contributed by atoms with Gasteiger partial charge in [-0.2, -0.15) is 0 Å². The lowest BCUT2D eigenvalue weighted by atomic mass is 9.63. The number of halogens is 1. The van der Waals surface area contributed by atoms with Gasteiger partial charge in [0.15, 0.2) is 0 Å². The van der Waals surface area contributed by atoms with Crippen LogP contribution in [0.1, 0.15) is 31.2 Å². The molecule has 0 aromatic heterocycles. The molecule has 1 heterocycles. The third-order valence-corrected chi connectivity index (χ3v) is 5.02. The quantitative estimate of drug-likeness (QED) is 0.820. The number of hydrogen-bond donors (Lipinski definition) is 2. The van der Waals surface area contributed by atoms with E-state index in [-0.39, 0.29) is 5.41 Å². The summed E-state index contributed by atoms with van der Waals surface area (Å²) in [6, 6.07) is 6.99. The van der Waals surface area contributed by atoms with Gasteiger partial charge in [-0.3, -0.25) is 0 Å². The number of nitrogens with two attached hydrogens (primary N) is 1. The molecule has 0 unspecified atom stereocenters. The number of rotatable bonds is 2. The zero-order valence-corrected chi connectivity index (χ0v) is 12.1. The van der Waals surface area contributed by atoms with E-state index in [1.807, 2.05) is 0 Å². The number of fused-ring (bicyclic) bond motifs is 3. The normalized spacial score (nSPS) is 29.7. The van der Waals surface area contributed by atoms with Crippen molar-refractivity contribution in [3.8, 4) is 0 Å². The van der Waals surface area contributed by atoms with E-state index in [4.69, 9.17) is 5.73 Å². The van der Waals surface area contributed by atoms with Gasteiger partial charge < -0.3 is 11.1 Å². The summed E-state index contributed by atoms with van der Waals surface area (Å²) in [6.07, 6.45) is 4.57. The summed E-state index contributed by atoms with van der Waals surface area (Å²) >= 11 is 3.59. The van der Waals surface area contributed by atoms with Crippen LogP contribution in [-0.2, 0) is 5.41 Å². The number of anilines is 1.